The van der Waals surface area contributed by atoms with Gasteiger partial charge in [0.05, 0.1) is 11.5 Å². The highest BCUT2D eigenvalue weighted by Gasteiger charge is 2.31. The van der Waals surface area contributed by atoms with Crippen molar-refractivity contribution in [3.63, 3.8) is 0 Å². The molecular formula is C11H22N2O4S. The summed E-state index contributed by atoms with van der Waals surface area (Å²) in [6.07, 6.45) is 1.50. The van der Waals surface area contributed by atoms with Gasteiger partial charge in [0, 0.05) is 13.1 Å². The van der Waals surface area contributed by atoms with E-state index in [0.29, 0.717) is 38.9 Å². The normalized spacial score (nSPS) is 23.4. The summed E-state index contributed by atoms with van der Waals surface area (Å²) in [7, 11) is -2.85. The molecule has 0 spiro atoms. The molecule has 1 rings (SSSR count). The average Bonchev–Trinajstić information content (AvgIpc) is 2.31. The zero-order chi connectivity index (χ0) is 13.8. The molecule has 6 nitrogen and oxygen atoms in total. The molecule has 0 aromatic carbocycles. The Labute approximate surface area is 108 Å². The third kappa shape index (κ3) is 4.22. The summed E-state index contributed by atoms with van der Waals surface area (Å²) in [5.74, 6) is -0.563. The van der Waals surface area contributed by atoms with Crippen LogP contribution in [0.1, 0.15) is 26.2 Å². The Morgan fingerprint density at radius 3 is 2.39 bits per heavy atom. The van der Waals surface area contributed by atoms with Crippen molar-refractivity contribution in [2.24, 2.45) is 5.73 Å². The second-order valence-corrected chi connectivity index (χ2v) is 7.22. The van der Waals surface area contributed by atoms with Crippen molar-refractivity contribution in [3.05, 3.63) is 0 Å². The summed E-state index contributed by atoms with van der Waals surface area (Å²) in [5, 5.41) is 9.02. The largest absolute Gasteiger partial charge is 0.480 e. The van der Waals surface area contributed by atoms with Gasteiger partial charge in [-0.05, 0) is 25.8 Å². The Morgan fingerprint density at radius 1 is 1.39 bits per heavy atom. The first-order valence-electron chi connectivity index (χ1n) is 6.24. The third-order valence-electron chi connectivity index (χ3n) is 3.59. The quantitative estimate of drug-likeness (QED) is 0.691. The minimum atomic E-state index is -2.85. The lowest BCUT2D eigenvalue weighted by Gasteiger charge is -2.28. The second-order valence-electron chi connectivity index (χ2n) is 4.91. The highest BCUT2D eigenvalue weighted by atomic mass is 32.2. The summed E-state index contributed by atoms with van der Waals surface area (Å²) in [4.78, 5) is 13.1. The topological polar surface area (TPSA) is 101 Å². The molecule has 0 bridgehead atoms. The molecule has 1 fully saturated rings. The standard InChI is InChI=1S/C11H22N2O4S/c1-2-11(12,10(14)15)4-3-5-13-6-8-18(16,17)9-7-13/h2-9,12H2,1H3,(H,14,15). The van der Waals surface area contributed by atoms with Crippen LogP contribution in [0.25, 0.3) is 0 Å². The van der Waals surface area contributed by atoms with Crippen LogP contribution < -0.4 is 5.73 Å². The number of nitrogens with zero attached hydrogens (tertiary/aromatic N) is 1. The van der Waals surface area contributed by atoms with Gasteiger partial charge in [0.25, 0.3) is 0 Å². The lowest BCUT2D eigenvalue weighted by atomic mass is 9.92. The van der Waals surface area contributed by atoms with E-state index in [-0.39, 0.29) is 11.5 Å². The lowest BCUT2D eigenvalue weighted by molar-refractivity contribution is -0.143. The molecule has 0 aliphatic carbocycles. The monoisotopic (exact) mass is 278 g/mol. The molecule has 1 aliphatic heterocycles. The van der Waals surface area contributed by atoms with Crippen LogP contribution in [-0.2, 0) is 14.6 Å². The van der Waals surface area contributed by atoms with E-state index < -0.39 is 21.3 Å². The van der Waals surface area contributed by atoms with Gasteiger partial charge in [-0.3, -0.25) is 4.79 Å². The van der Waals surface area contributed by atoms with Crippen LogP contribution >= 0.6 is 0 Å². The van der Waals surface area contributed by atoms with E-state index in [4.69, 9.17) is 10.8 Å². The van der Waals surface area contributed by atoms with E-state index in [1.807, 2.05) is 0 Å². The van der Waals surface area contributed by atoms with Crippen LogP contribution in [0.3, 0.4) is 0 Å². The minimum absolute atomic E-state index is 0.202. The molecule has 1 aliphatic rings. The first-order chi connectivity index (χ1) is 8.29. The van der Waals surface area contributed by atoms with E-state index in [1.54, 1.807) is 6.92 Å². The first kappa shape index (κ1) is 15.4. The molecule has 18 heavy (non-hydrogen) atoms. The van der Waals surface area contributed by atoms with Crippen LogP contribution in [0.15, 0.2) is 0 Å². The Kier molecular flexibility index (Phi) is 5.12. The van der Waals surface area contributed by atoms with Crippen LogP contribution in [0.5, 0.6) is 0 Å². The number of nitrogens with two attached hydrogens (primary N) is 1. The number of aliphatic carboxylic acids is 1. The van der Waals surface area contributed by atoms with Crippen molar-refractivity contribution < 1.29 is 18.3 Å². The average molecular weight is 278 g/mol. The molecule has 1 atom stereocenters. The van der Waals surface area contributed by atoms with Crippen molar-refractivity contribution in [2.45, 2.75) is 31.7 Å². The van der Waals surface area contributed by atoms with E-state index in [9.17, 15) is 13.2 Å². The smallest absolute Gasteiger partial charge is 0.323 e. The Balaban J connectivity index is 2.33. The van der Waals surface area contributed by atoms with Gasteiger partial charge in [0.15, 0.2) is 9.84 Å². The van der Waals surface area contributed by atoms with E-state index >= 15 is 0 Å². The molecular weight excluding hydrogens is 256 g/mol. The predicted octanol–water partition coefficient (Wildman–Crippen LogP) is -0.311. The Hall–Kier alpha value is -0.660. The van der Waals surface area contributed by atoms with E-state index in [1.165, 1.54) is 0 Å². The maximum atomic E-state index is 11.2. The number of hydrogen-bond donors (Lipinski definition) is 2. The molecule has 1 unspecified atom stereocenters. The molecule has 1 saturated heterocycles. The molecule has 0 radical (unpaired) electrons. The predicted molar refractivity (Wildman–Crippen MR) is 69.2 cm³/mol. The molecule has 0 saturated carbocycles. The minimum Gasteiger partial charge on any atom is -0.480 e. The Bertz CT molecular complexity index is 382. The number of carboxylic acids is 1. The van der Waals surface area contributed by atoms with Crippen LogP contribution in [-0.4, -0.2) is 61.1 Å². The van der Waals surface area contributed by atoms with Crippen molar-refractivity contribution >= 4 is 15.8 Å². The van der Waals surface area contributed by atoms with Crippen LogP contribution in [0.4, 0.5) is 0 Å². The Morgan fingerprint density at radius 2 is 1.94 bits per heavy atom. The number of sulfone groups is 1. The SMILES string of the molecule is CCC(N)(CCCN1CCS(=O)(=O)CC1)C(=O)O. The van der Waals surface area contributed by atoms with Gasteiger partial charge in [0.1, 0.15) is 5.54 Å². The number of rotatable bonds is 6. The second kappa shape index (κ2) is 5.99. The maximum absolute atomic E-state index is 11.2. The zero-order valence-corrected chi connectivity index (χ0v) is 11.6. The van der Waals surface area contributed by atoms with Crippen LogP contribution in [0.2, 0.25) is 0 Å². The molecule has 1 heterocycles. The zero-order valence-electron chi connectivity index (χ0n) is 10.8. The van der Waals surface area contributed by atoms with Gasteiger partial charge in [-0.2, -0.15) is 0 Å². The molecule has 106 valence electrons. The van der Waals surface area contributed by atoms with Gasteiger partial charge < -0.3 is 15.7 Å². The highest BCUT2D eigenvalue weighted by Crippen LogP contribution is 2.15. The van der Waals surface area contributed by atoms with Gasteiger partial charge >= 0.3 is 5.97 Å². The fourth-order valence-corrected chi connectivity index (χ4v) is 3.30. The van der Waals surface area contributed by atoms with Crippen LogP contribution in [0, 0.1) is 0 Å². The van der Waals surface area contributed by atoms with Crippen molar-refractivity contribution in [1.82, 2.24) is 4.90 Å². The number of hydrogen-bond acceptors (Lipinski definition) is 5. The fraction of sp³-hybridized carbons (Fsp3) is 0.909. The summed E-state index contributed by atoms with van der Waals surface area (Å²) in [6.45, 7) is 3.56. The summed E-state index contributed by atoms with van der Waals surface area (Å²) in [5.41, 5.74) is 4.63. The summed E-state index contributed by atoms with van der Waals surface area (Å²) >= 11 is 0. The van der Waals surface area contributed by atoms with Crippen molar-refractivity contribution in [3.8, 4) is 0 Å². The molecule has 0 aromatic heterocycles. The van der Waals surface area contributed by atoms with E-state index in [0.717, 1.165) is 0 Å². The molecule has 7 heteroatoms. The van der Waals surface area contributed by atoms with Gasteiger partial charge in [0.2, 0.25) is 0 Å². The van der Waals surface area contributed by atoms with E-state index in [2.05, 4.69) is 4.90 Å². The number of carboxylic acid groups (broad SMARTS) is 1. The van der Waals surface area contributed by atoms with Crippen molar-refractivity contribution in [2.75, 3.05) is 31.1 Å². The number of carbonyl (C=O) groups is 1. The van der Waals surface area contributed by atoms with Gasteiger partial charge in [-0.1, -0.05) is 6.92 Å². The fourth-order valence-electron chi connectivity index (χ4n) is 2.03. The first-order valence-corrected chi connectivity index (χ1v) is 8.06. The maximum Gasteiger partial charge on any atom is 0.323 e. The third-order valence-corrected chi connectivity index (χ3v) is 5.20. The highest BCUT2D eigenvalue weighted by molar-refractivity contribution is 7.91. The molecule has 0 amide bonds. The summed E-state index contributed by atoms with van der Waals surface area (Å²) < 4.78 is 22.5. The molecule has 3 N–H and O–H groups in total. The molecule has 0 aromatic rings. The van der Waals surface area contributed by atoms with Gasteiger partial charge in [-0.25, -0.2) is 8.42 Å². The van der Waals surface area contributed by atoms with Crippen molar-refractivity contribution in [1.29, 1.82) is 0 Å². The summed E-state index contributed by atoms with van der Waals surface area (Å²) in [6, 6.07) is 0. The van der Waals surface area contributed by atoms with Gasteiger partial charge in [-0.15, -0.1) is 0 Å². The lowest BCUT2D eigenvalue weighted by Crippen LogP contribution is -2.48.